The van der Waals surface area contributed by atoms with Gasteiger partial charge in [0.15, 0.2) is 0 Å². The number of methoxy groups -OCH3 is 1. The van der Waals surface area contributed by atoms with Crippen LogP contribution in [-0.4, -0.2) is 42.7 Å². The van der Waals surface area contributed by atoms with Gasteiger partial charge in [-0.3, -0.25) is 4.79 Å². The Kier molecular flexibility index (Phi) is 6.62. The van der Waals surface area contributed by atoms with Gasteiger partial charge in [-0.25, -0.2) is 14.4 Å². The lowest BCUT2D eigenvalue weighted by Crippen LogP contribution is -2.28. The quantitative estimate of drug-likeness (QED) is 0.723. The second kappa shape index (κ2) is 8.93. The van der Waals surface area contributed by atoms with E-state index in [1.54, 1.807) is 38.3 Å². The van der Waals surface area contributed by atoms with Gasteiger partial charge in [-0.2, -0.15) is 0 Å². The first-order valence-electron chi connectivity index (χ1n) is 7.70. The van der Waals surface area contributed by atoms with E-state index >= 15 is 0 Å². The van der Waals surface area contributed by atoms with Crippen molar-refractivity contribution in [2.75, 3.05) is 32.1 Å². The minimum atomic E-state index is -0.283. The summed E-state index contributed by atoms with van der Waals surface area (Å²) in [7, 11) is 1.57. The fourth-order valence-electron chi connectivity index (χ4n) is 2.16. The monoisotopic (exact) mass is 332 g/mol. The second-order valence-electron chi connectivity index (χ2n) is 5.20. The van der Waals surface area contributed by atoms with Gasteiger partial charge in [-0.1, -0.05) is 18.2 Å². The SMILES string of the molecule is COCCNC(=O)c1cc(NCCc2ccccc2F)nc(C)n1. The van der Waals surface area contributed by atoms with Gasteiger partial charge in [0.25, 0.3) is 5.91 Å². The van der Waals surface area contributed by atoms with Crippen molar-refractivity contribution in [3.05, 3.63) is 53.2 Å². The Morgan fingerprint density at radius 1 is 1.25 bits per heavy atom. The molecule has 0 radical (unpaired) electrons. The van der Waals surface area contributed by atoms with Crippen molar-refractivity contribution in [3.63, 3.8) is 0 Å². The highest BCUT2D eigenvalue weighted by Crippen LogP contribution is 2.10. The van der Waals surface area contributed by atoms with Crippen molar-refractivity contribution in [2.24, 2.45) is 0 Å². The normalized spacial score (nSPS) is 10.5. The van der Waals surface area contributed by atoms with Crippen LogP contribution in [0.25, 0.3) is 0 Å². The third kappa shape index (κ3) is 5.27. The number of nitrogens with zero attached hydrogens (tertiary/aromatic N) is 2. The average Bonchev–Trinajstić information content (AvgIpc) is 2.56. The van der Waals surface area contributed by atoms with Crippen LogP contribution in [0.1, 0.15) is 21.9 Å². The number of anilines is 1. The lowest BCUT2D eigenvalue weighted by molar-refractivity contribution is 0.0931. The molecule has 2 rings (SSSR count). The summed E-state index contributed by atoms with van der Waals surface area (Å²) in [6.07, 6.45) is 0.519. The molecule has 7 heteroatoms. The predicted molar refractivity (Wildman–Crippen MR) is 89.6 cm³/mol. The smallest absolute Gasteiger partial charge is 0.270 e. The van der Waals surface area contributed by atoms with E-state index in [1.165, 1.54) is 6.07 Å². The standard InChI is InChI=1S/C17H21FN4O2/c1-12-21-15(17(23)20-9-10-24-2)11-16(22-12)19-8-7-13-5-3-4-6-14(13)18/h3-6,11H,7-10H2,1-2H3,(H,20,23)(H,19,21,22). The number of carbonyl (C=O) groups is 1. The van der Waals surface area contributed by atoms with E-state index in [0.29, 0.717) is 43.3 Å². The number of amides is 1. The molecule has 0 fully saturated rings. The van der Waals surface area contributed by atoms with Crippen LogP contribution in [0.15, 0.2) is 30.3 Å². The van der Waals surface area contributed by atoms with Gasteiger partial charge in [0.1, 0.15) is 23.2 Å². The largest absolute Gasteiger partial charge is 0.383 e. The first kappa shape index (κ1) is 17.8. The third-order valence-electron chi connectivity index (χ3n) is 3.32. The first-order chi connectivity index (χ1) is 11.6. The Bertz CT molecular complexity index is 694. The number of ether oxygens (including phenoxy) is 1. The maximum Gasteiger partial charge on any atom is 0.270 e. The summed E-state index contributed by atoms with van der Waals surface area (Å²) in [6, 6.07) is 8.23. The molecule has 1 heterocycles. The van der Waals surface area contributed by atoms with Gasteiger partial charge >= 0.3 is 0 Å². The number of rotatable bonds is 8. The number of nitrogens with one attached hydrogen (secondary N) is 2. The van der Waals surface area contributed by atoms with Gasteiger partial charge in [0.05, 0.1) is 6.61 Å². The van der Waals surface area contributed by atoms with Crippen LogP contribution < -0.4 is 10.6 Å². The molecule has 2 aromatic rings. The third-order valence-corrected chi connectivity index (χ3v) is 3.32. The second-order valence-corrected chi connectivity index (χ2v) is 5.20. The van der Waals surface area contributed by atoms with E-state index in [9.17, 15) is 9.18 Å². The van der Waals surface area contributed by atoms with E-state index in [-0.39, 0.29) is 17.4 Å². The summed E-state index contributed by atoms with van der Waals surface area (Å²) >= 11 is 0. The Balaban J connectivity index is 1.95. The Hall–Kier alpha value is -2.54. The number of hydrogen-bond acceptors (Lipinski definition) is 5. The molecule has 0 saturated heterocycles. The molecule has 0 spiro atoms. The molecule has 128 valence electrons. The molecule has 0 aliphatic heterocycles. The summed E-state index contributed by atoms with van der Waals surface area (Å²) in [4.78, 5) is 20.4. The van der Waals surface area contributed by atoms with Crippen molar-refractivity contribution in [1.82, 2.24) is 15.3 Å². The van der Waals surface area contributed by atoms with Gasteiger partial charge in [0.2, 0.25) is 0 Å². The number of carbonyl (C=O) groups excluding carboxylic acids is 1. The zero-order valence-corrected chi connectivity index (χ0v) is 13.8. The van der Waals surface area contributed by atoms with E-state index in [0.717, 1.165) is 0 Å². The van der Waals surface area contributed by atoms with Crippen molar-refractivity contribution in [2.45, 2.75) is 13.3 Å². The lowest BCUT2D eigenvalue weighted by atomic mass is 10.1. The first-order valence-corrected chi connectivity index (χ1v) is 7.70. The van der Waals surface area contributed by atoms with Gasteiger partial charge in [-0.05, 0) is 25.0 Å². The molecule has 1 aromatic carbocycles. The van der Waals surface area contributed by atoms with Crippen LogP contribution in [0.4, 0.5) is 10.2 Å². The molecular formula is C17H21FN4O2. The number of halogens is 1. The van der Waals surface area contributed by atoms with E-state index < -0.39 is 0 Å². The number of aryl methyl sites for hydroxylation is 1. The molecule has 0 atom stereocenters. The van der Waals surface area contributed by atoms with Gasteiger partial charge in [-0.15, -0.1) is 0 Å². The Morgan fingerprint density at radius 3 is 2.79 bits per heavy atom. The highest BCUT2D eigenvalue weighted by atomic mass is 19.1. The van der Waals surface area contributed by atoms with Crippen molar-refractivity contribution < 1.29 is 13.9 Å². The number of aromatic nitrogens is 2. The van der Waals surface area contributed by atoms with Crippen LogP contribution in [0, 0.1) is 12.7 Å². The molecular weight excluding hydrogens is 311 g/mol. The summed E-state index contributed by atoms with van der Waals surface area (Å²) in [5.41, 5.74) is 0.917. The minimum absolute atomic E-state index is 0.226. The molecule has 0 bridgehead atoms. The van der Waals surface area contributed by atoms with Crippen LogP contribution in [0.3, 0.4) is 0 Å². The maximum atomic E-state index is 13.6. The highest BCUT2D eigenvalue weighted by molar-refractivity contribution is 5.92. The molecule has 0 aliphatic rings. The van der Waals surface area contributed by atoms with Gasteiger partial charge in [0, 0.05) is 26.3 Å². The van der Waals surface area contributed by atoms with Crippen LogP contribution in [0.2, 0.25) is 0 Å². The molecule has 0 saturated carbocycles. The average molecular weight is 332 g/mol. The van der Waals surface area contributed by atoms with Crippen LogP contribution in [0.5, 0.6) is 0 Å². The van der Waals surface area contributed by atoms with Crippen molar-refractivity contribution in [3.8, 4) is 0 Å². The number of benzene rings is 1. The molecule has 0 unspecified atom stereocenters. The topological polar surface area (TPSA) is 76.1 Å². The highest BCUT2D eigenvalue weighted by Gasteiger charge is 2.10. The Labute approximate surface area is 140 Å². The fraction of sp³-hybridized carbons (Fsp3) is 0.353. The predicted octanol–water partition coefficient (Wildman–Crippen LogP) is 1.95. The molecule has 1 amide bonds. The summed E-state index contributed by atoms with van der Waals surface area (Å²) < 4.78 is 18.5. The number of hydrogen-bond donors (Lipinski definition) is 2. The van der Waals surface area contributed by atoms with Crippen LogP contribution in [-0.2, 0) is 11.2 Å². The zero-order valence-electron chi connectivity index (χ0n) is 13.8. The lowest BCUT2D eigenvalue weighted by Gasteiger charge is -2.09. The molecule has 1 aromatic heterocycles. The minimum Gasteiger partial charge on any atom is -0.383 e. The van der Waals surface area contributed by atoms with Crippen molar-refractivity contribution in [1.29, 1.82) is 0 Å². The van der Waals surface area contributed by atoms with E-state index in [1.807, 2.05) is 0 Å². The fourth-order valence-corrected chi connectivity index (χ4v) is 2.16. The molecule has 6 nitrogen and oxygen atoms in total. The summed E-state index contributed by atoms with van der Waals surface area (Å²) in [6.45, 7) is 3.06. The van der Waals surface area contributed by atoms with Gasteiger partial charge < -0.3 is 15.4 Å². The van der Waals surface area contributed by atoms with Crippen molar-refractivity contribution >= 4 is 11.7 Å². The maximum absolute atomic E-state index is 13.6. The zero-order chi connectivity index (χ0) is 17.4. The van der Waals surface area contributed by atoms with Crippen LogP contribution >= 0.6 is 0 Å². The summed E-state index contributed by atoms with van der Waals surface area (Å²) in [5, 5.41) is 5.81. The molecule has 2 N–H and O–H groups in total. The molecule has 24 heavy (non-hydrogen) atoms. The summed E-state index contributed by atoms with van der Waals surface area (Å²) in [5.74, 6) is 0.518. The van der Waals surface area contributed by atoms with E-state index in [2.05, 4.69) is 20.6 Å². The Morgan fingerprint density at radius 2 is 2.04 bits per heavy atom. The molecule has 0 aliphatic carbocycles. The van der Waals surface area contributed by atoms with E-state index in [4.69, 9.17) is 4.74 Å².